The van der Waals surface area contributed by atoms with E-state index >= 15 is 0 Å². The van der Waals surface area contributed by atoms with Gasteiger partial charge in [0.1, 0.15) is 0 Å². The molecular weight excluding hydrogens is 222 g/mol. The lowest BCUT2D eigenvalue weighted by Gasteiger charge is -2.18. The lowest BCUT2D eigenvalue weighted by molar-refractivity contribution is 0.422. The highest BCUT2D eigenvalue weighted by atomic mass is 15.1. The Balaban J connectivity index is 2.14. The van der Waals surface area contributed by atoms with Crippen molar-refractivity contribution in [3.05, 3.63) is 48.1 Å². The molecule has 0 fully saturated rings. The molecule has 0 atom stereocenters. The van der Waals surface area contributed by atoms with Crippen molar-refractivity contribution in [3.8, 4) is 0 Å². The van der Waals surface area contributed by atoms with Crippen LogP contribution < -0.4 is 0 Å². The lowest BCUT2D eigenvalue weighted by atomic mass is 10.2. The predicted molar refractivity (Wildman–Crippen MR) is 74.6 cm³/mol. The molecule has 1 aromatic heterocycles. The molecule has 1 aromatic carbocycles. The van der Waals surface area contributed by atoms with Crippen molar-refractivity contribution in [3.63, 3.8) is 0 Å². The monoisotopic (exact) mass is 237 g/mol. The Labute approximate surface area is 106 Å². The quantitative estimate of drug-likeness (QED) is 0.762. The van der Waals surface area contributed by atoms with Crippen LogP contribution in [0.1, 0.15) is 25.2 Å². The van der Waals surface area contributed by atoms with Gasteiger partial charge in [-0.05, 0) is 38.1 Å². The highest BCUT2D eigenvalue weighted by Crippen LogP contribution is 2.19. The van der Waals surface area contributed by atoms with E-state index in [-0.39, 0.29) is 0 Å². The van der Waals surface area contributed by atoms with Crippen LogP contribution in [0.25, 0.3) is 23.2 Å². The first kappa shape index (κ1) is 11.0. The highest BCUT2D eigenvalue weighted by molar-refractivity contribution is 5.78. The zero-order valence-corrected chi connectivity index (χ0v) is 10.5. The summed E-state index contributed by atoms with van der Waals surface area (Å²) in [7, 11) is 0. The summed E-state index contributed by atoms with van der Waals surface area (Å²) >= 11 is 0. The molecule has 0 unspecified atom stereocenters. The van der Waals surface area contributed by atoms with E-state index in [2.05, 4.69) is 41.1 Å². The van der Waals surface area contributed by atoms with Crippen LogP contribution in [-0.2, 0) is 0 Å². The van der Waals surface area contributed by atoms with Gasteiger partial charge in [-0.2, -0.15) is 0 Å². The van der Waals surface area contributed by atoms with Gasteiger partial charge in [-0.3, -0.25) is 0 Å². The molecule has 0 aliphatic carbocycles. The third-order valence-corrected chi connectivity index (χ3v) is 3.03. The van der Waals surface area contributed by atoms with Crippen molar-refractivity contribution < 1.29 is 0 Å². The summed E-state index contributed by atoms with van der Waals surface area (Å²) in [5.41, 5.74) is 3.72. The fourth-order valence-electron chi connectivity index (χ4n) is 1.98. The normalized spacial score (nSPS) is 14.1. The average Bonchev–Trinajstić information content (AvgIpc) is 2.58. The second kappa shape index (κ2) is 4.26. The molecule has 0 N–H and O–H groups in total. The number of hydrogen-bond donors (Lipinski definition) is 0. The molecule has 18 heavy (non-hydrogen) atoms. The number of nitrogens with zero attached hydrogens (tertiary/aromatic N) is 3. The van der Waals surface area contributed by atoms with Crippen LogP contribution in [0.15, 0.2) is 36.7 Å². The van der Waals surface area contributed by atoms with Gasteiger partial charge >= 0.3 is 0 Å². The van der Waals surface area contributed by atoms with E-state index in [1.165, 1.54) is 0 Å². The van der Waals surface area contributed by atoms with Crippen LogP contribution in [-0.4, -0.2) is 20.9 Å². The molecule has 1 aliphatic heterocycles. The Hall–Kier alpha value is -2.16. The molecule has 1 aliphatic rings. The molecule has 0 saturated heterocycles. The van der Waals surface area contributed by atoms with E-state index in [0.29, 0.717) is 6.04 Å². The molecule has 0 radical (unpaired) electrons. The molecule has 0 spiro atoms. The first-order chi connectivity index (χ1) is 8.74. The van der Waals surface area contributed by atoms with E-state index in [1.807, 2.05) is 36.4 Å². The number of benzene rings is 1. The number of hydrogen-bond acceptors (Lipinski definition) is 3. The summed E-state index contributed by atoms with van der Waals surface area (Å²) in [5, 5.41) is 0. The molecule has 0 saturated carbocycles. The van der Waals surface area contributed by atoms with Gasteiger partial charge in [0.15, 0.2) is 0 Å². The molecular formula is C15H15N3. The second-order valence-corrected chi connectivity index (χ2v) is 4.66. The minimum Gasteiger partial charge on any atom is -0.352 e. The highest BCUT2D eigenvalue weighted by Gasteiger charge is 2.09. The smallest absolute Gasteiger partial charge is 0.0909 e. The zero-order valence-electron chi connectivity index (χ0n) is 10.5. The third kappa shape index (κ3) is 1.88. The first-order valence-corrected chi connectivity index (χ1v) is 6.15. The largest absolute Gasteiger partial charge is 0.352 e. The Morgan fingerprint density at radius 1 is 0.889 bits per heavy atom. The Morgan fingerprint density at radius 3 is 1.83 bits per heavy atom. The predicted octanol–water partition coefficient (Wildman–Crippen LogP) is 3.30. The van der Waals surface area contributed by atoms with Crippen molar-refractivity contribution >= 4 is 23.2 Å². The molecule has 90 valence electrons. The number of para-hydroxylation sites is 2. The van der Waals surface area contributed by atoms with Gasteiger partial charge in [0.2, 0.25) is 0 Å². The number of rotatable bonds is 1. The average molecular weight is 237 g/mol. The Bertz CT molecular complexity index is 589. The standard InChI is InChI=1S/C15H15N3/c1-11(2)18-9-7-14-15(8-10-18)17-13-6-4-3-5-12(13)16-14/h3-11H,1-2H3. The molecule has 3 rings (SSSR count). The maximum Gasteiger partial charge on any atom is 0.0909 e. The fourth-order valence-corrected chi connectivity index (χ4v) is 1.98. The lowest BCUT2D eigenvalue weighted by Crippen LogP contribution is -2.18. The fraction of sp³-hybridized carbons (Fsp3) is 0.200. The van der Waals surface area contributed by atoms with Gasteiger partial charge in [0.05, 0.1) is 22.4 Å². The number of aromatic nitrogens is 2. The van der Waals surface area contributed by atoms with Crippen LogP contribution in [0.3, 0.4) is 0 Å². The minimum atomic E-state index is 0.432. The van der Waals surface area contributed by atoms with Gasteiger partial charge < -0.3 is 4.90 Å². The van der Waals surface area contributed by atoms with Crippen LogP contribution in [0.2, 0.25) is 0 Å². The van der Waals surface area contributed by atoms with Crippen LogP contribution in [0.5, 0.6) is 0 Å². The minimum absolute atomic E-state index is 0.432. The molecule has 3 heteroatoms. The summed E-state index contributed by atoms with van der Waals surface area (Å²) in [6.07, 6.45) is 8.15. The summed E-state index contributed by atoms with van der Waals surface area (Å²) in [4.78, 5) is 11.4. The number of fused-ring (bicyclic) bond motifs is 2. The van der Waals surface area contributed by atoms with Gasteiger partial charge in [0.25, 0.3) is 0 Å². The van der Waals surface area contributed by atoms with Crippen molar-refractivity contribution in [1.82, 2.24) is 14.9 Å². The van der Waals surface area contributed by atoms with Gasteiger partial charge in [-0.1, -0.05) is 12.1 Å². The summed E-state index contributed by atoms with van der Waals surface area (Å²) < 4.78 is 0. The maximum absolute atomic E-state index is 4.64. The van der Waals surface area contributed by atoms with Crippen molar-refractivity contribution in [1.29, 1.82) is 0 Å². The first-order valence-electron chi connectivity index (χ1n) is 6.15. The van der Waals surface area contributed by atoms with E-state index in [1.54, 1.807) is 0 Å². The SMILES string of the molecule is CC(C)N1C=Cc2nc3ccccc3nc2C=C1. The topological polar surface area (TPSA) is 29.0 Å². The second-order valence-electron chi connectivity index (χ2n) is 4.66. The molecule has 2 heterocycles. The van der Waals surface area contributed by atoms with E-state index in [4.69, 9.17) is 0 Å². The van der Waals surface area contributed by atoms with Gasteiger partial charge in [0, 0.05) is 18.4 Å². The summed E-state index contributed by atoms with van der Waals surface area (Å²) in [6, 6.07) is 8.39. The third-order valence-electron chi connectivity index (χ3n) is 3.03. The Kier molecular flexibility index (Phi) is 2.59. The van der Waals surface area contributed by atoms with Crippen molar-refractivity contribution in [2.75, 3.05) is 0 Å². The molecule has 0 amide bonds. The van der Waals surface area contributed by atoms with Gasteiger partial charge in [-0.15, -0.1) is 0 Å². The van der Waals surface area contributed by atoms with Crippen LogP contribution in [0, 0.1) is 0 Å². The van der Waals surface area contributed by atoms with E-state index in [9.17, 15) is 0 Å². The van der Waals surface area contributed by atoms with Crippen molar-refractivity contribution in [2.45, 2.75) is 19.9 Å². The Morgan fingerprint density at radius 2 is 1.39 bits per heavy atom. The van der Waals surface area contributed by atoms with Crippen LogP contribution in [0.4, 0.5) is 0 Å². The molecule has 0 bridgehead atoms. The molecule has 3 nitrogen and oxygen atoms in total. The maximum atomic E-state index is 4.64. The molecule has 2 aromatic rings. The van der Waals surface area contributed by atoms with E-state index in [0.717, 1.165) is 22.4 Å². The summed E-state index contributed by atoms with van der Waals surface area (Å²) in [6.45, 7) is 4.31. The zero-order chi connectivity index (χ0) is 12.5. The van der Waals surface area contributed by atoms with Crippen molar-refractivity contribution in [2.24, 2.45) is 0 Å². The van der Waals surface area contributed by atoms with E-state index < -0.39 is 0 Å². The van der Waals surface area contributed by atoms with Gasteiger partial charge in [-0.25, -0.2) is 9.97 Å². The summed E-state index contributed by atoms with van der Waals surface area (Å²) in [5.74, 6) is 0. The van der Waals surface area contributed by atoms with Crippen LogP contribution >= 0.6 is 0 Å².